The maximum absolute atomic E-state index is 12.8. The van der Waals surface area contributed by atoms with Crippen LogP contribution in [0, 0.1) is 5.92 Å². The van der Waals surface area contributed by atoms with E-state index in [1.54, 1.807) is 0 Å². The number of hydrogen-bond acceptors (Lipinski definition) is 6. The molecule has 1 aromatic carbocycles. The van der Waals surface area contributed by atoms with E-state index in [9.17, 15) is 24.3 Å². The topological polar surface area (TPSA) is 165 Å². The van der Waals surface area contributed by atoms with Gasteiger partial charge in [-0.05, 0) is 37.3 Å². The predicted octanol–water partition coefficient (Wildman–Crippen LogP) is 1.43. The molecule has 0 aliphatic carbocycles. The number of carbonyl (C=O) groups excluding carboxylic acids is 3. The number of rotatable bonds is 14. The largest absolute Gasteiger partial charge is 0.480 e. The molecule has 11 heteroatoms. The average molecular weight is 519 g/mol. The molecule has 0 saturated carbocycles. The van der Waals surface area contributed by atoms with Gasteiger partial charge in [0.05, 0.1) is 17.8 Å². The van der Waals surface area contributed by atoms with Crippen LogP contribution in [0.4, 0.5) is 0 Å². The van der Waals surface area contributed by atoms with Crippen LogP contribution in [0.3, 0.4) is 0 Å². The number of ketones is 1. The Bertz CT molecular complexity index is 759. The molecule has 0 fully saturated rings. The molecule has 0 spiro atoms. The van der Waals surface area contributed by atoms with Crippen molar-refractivity contribution in [3.05, 3.63) is 35.9 Å². The van der Waals surface area contributed by atoms with Crippen LogP contribution in [0.25, 0.3) is 0 Å². The molecule has 3 unspecified atom stereocenters. The van der Waals surface area contributed by atoms with Crippen LogP contribution in [0.5, 0.6) is 0 Å². The van der Waals surface area contributed by atoms with E-state index in [0.717, 1.165) is 5.56 Å². The summed E-state index contributed by atoms with van der Waals surface area (Å²) in [6.07, 6.45) is 1.77. The van der Waals surface area contributed by atoms with Crippen molar-refractivity contribution in [1.29, 1.82) is 0 Å². The zero-order chi connectivity index (χ0) is 26.1. The van der Waals surface area contributed by atoms with Crippen LogP contribution in [0.1, 0.15) is 38.7 Å². The fraction of sp³-hybridized carbons (Fsp3) is 0.565. The summed E-state index contributed by atoms with van der Waals surface area (Å²) in [6.45, 7) is 4.09. The summed E-state index contributed by atoms with van der Waals surface area (Å²) in [5, 5.41) is 14.6. The van der Waals surface area contributed by atoms with E-state index in [1.165, 1.54) is 0 Å². The second-order valence-electron chi connectivity index (χ2n) is 8.01. The summed E-state index contributed by atoms with van der Waals surface area (Å²) in [6, 6.07) is 6.48. The van der Waals surface area contributed by atoms with E-state index in [-0.39, 0.29) is 36.3 Å². The van der Waals surface area contributed by atoms with Crippen LogP contribution in [0.2, 0.25) is 0 Å². The molecule has 9 nitrogen and oxygen atoms in total. The number of carboxylic acids is 1. The number of carbonyl (C=O) groups is 4. The van der Waals surface area contributed by atoms with Crippen molar-refractivity contribution >= 4 is 46.8 Å². The van der Waals surface area contributed by atoms with Crippen molar-refractivity contribution in [2.75, 3.05) is 18.3 Å². The summed E-state index contributed by atoms with van der Waals surface area (Å²) < 4.78 is 0. The van der Waals surface area contributed by atoms with Crippen molar-refractivity contribution in [1.82, 2.24) is 10.6 Å². The summed E-state index contributed by atoms with van der Waals surface area (Å²) in [5.74, 6) is -2.27. The summed E-state index contributed by atoms with van der Waals surface area (Å²) in [4.78, 5) is 46.5. The number of aliphatic carboxylic acids is 1. The molecule has 7 N–H and O–H groups in total. The molecule has 0 radical (unpaired) electrons. The number of unbranched alkanes of at least 4 members (excludes halogenated alkanes) is 1. The quantitative estimate of drug-likeness (QED) is 0.183. The highest BCUT2D eigenvalue weighted by molar-refractivity contribution is 6.35. The van der Waals surface area contributed by atoms with Gasteiger partial charge in [0.15, 0.2) is 5.78 Å². The van der Waals surface area contributed by atoms with E-state index >= 15 is 0 Å². The van der Waals surface area contributed by atoms with Gasteiger partial charge in [0.25, 0.3) is 0 Å². The molecule has 0 heterocycles. The van der Waals surface area contributed by atoms with E-state index in [0.29, 0.717) is 19.4 Å². The van der Waals surface area contributed by atoms with Gasteiger partial charge >= 0.3 is 5.97 Å². The highest BCUT2D eigenvalue weighted by Gasteiger charge is 2.28. The minimum absolute atomic E-state index is 0.0312. The number of Topliss-reactive ketones (excluding diaryl/α,β-unsaturated/α-hetero) is 1. The van der Waals surface area contributed by atoms with E-state index in [4.69, 9.17) is 34.7 Å². The molecule has 3 atom stereocenters. The van der Waals surface area contributed by atoms with Gasteiger partial charge in [-0.15, -0.1) is 23.2 Å². The Kier molecular flexibility index (Phi) is 17.0. The maximum atomic E-state index is 12.8. The van der Waals surface area contributed by atoms with Crippen molar-refractivity contribution in [2.45, 2.75) is 57.7 Å². The van der Waals surface area contributed by atoms with Gasteiger partial charge < -0.3 is 27.2 Å². The Labute approximate surface area is 210 Å². The van der Waals surface area contributed by atoms with Crippen LogP contribution in [-0.4, -0.2) is 65.1 Å². The molecule has 0 bridgehead atoms. The molecular weight excluding hydrogens is 483 g/mol. The zero-order valence-electron chi connectivity index (χ0n) is 19.6. The third-order valence-electron chi connectivity index (χ3n) is 4.80. The normalized spacial score (nSPS) is 13.1. The number of amides is 2. The zero-order valence-corrected chi connectivity index (χ0v) is 21.1. The Hall–Kier alpha value is -2.20. The van der Waals surface area contributed by atoms with Crippen molar-refractivity contribution in [3.63, 3.8) is 0 Å². The van der Waals surface area contributed by atoms with Crippen molar-refractivity contribution in [2.24, 2.45) is 17.4 Å². The van der Waals surface area contributed by atoms with Gasteiger partial charge in [0.1, 0.15) is 12.1 Å². The lowest BCUT2D eigenvalue weighted by molar-refractivity contribution is -0.142. The monoisotopic (exact) mass is 518 g/mol. The van der Waals surface area contributed by atoms with Crippen molar-refractivity contribution in [3.8, 4) is 0 Å². The molecule has 34 heavy (non-hydrogen) atoms. The lowest BCUT2D eigenvalue weighted by Crippen LogP contribution is -2.56. The standard InChI is InChI=1S/C20H32N4O4.C3H4Cl2O/c1-13(2)17(22)19(26)24-16(12-14-8-4-3-5-9-14)18(25)23-15(20(27)28)10-6-7-11-21;4-1-3(6)2-5/h3-5,8-9,13,15-17H,6-7,10-12,21-22H2,1-2H3,(H,23,25)(H,24,26)(H,27,28);1-2H2. The van der Waals surface area contributed by atoms with Crippen LogP contribution >= 0.6 is 23.2 Å². The van der Waals surface area contributed by atoms with Gasteiger partial charge in [-0.2, -0.15) is 0 Å². The van der Waals surface area contributed by atoms with Crippen LogP contribution in [0.15, 0.2) is 30.3 Å². The molecule has 1 rings (SSSR count). The molecular formula is C23H36Cl2N4O5. The van der Waals surface area contributed by atoms with E-state index < -0.39 is 35.9 Å². The van der Waals surface area contributed by atoms with Crippen LogP contribution < -0.4 is 22.1 Å². The van der Waals surface area contributed by atoms with Gasteiger partial charge in [-0.3, -0.25) is 14.4 Å². The number of nitrogens with one attached hydrogen (secondary N) is 2. The molecule has 0 saturated heterocycles. The lowest BCUT2D eigenvalue weighted by atomic mass is 10.0. The number of hydrogen-bond donors (Lipinski definition) is 5. The summed E-state index contributed by atoms with van der Waals surface area (Å²) in [5.41, 5.74) is 12.2. The third-order valence-corrected chi connectivity index (χ3v) is 5.39. The minimum atomic E-state index is -1.12. The first-order valence-corrected chi connectivity index (χ1v) is 12.1. The number of benzene rings is 1. The van der Waals surface area contributed by atoms with Gasteiger partial charge in [0.2, 0.25) is 11.8 Å². The van der Waals surface area contributed by atoms with Gasteiger partial charge in [-0.25, -0.2) is 4.79 Å². The van der Waals surface area contributed by atoms with E-state index in [1.807, 2.05) is 44.2 Å². The van der Waals surface area contributed by atoms with Crippen molar-refractivity contribution < 1.29 is 24.3 Å². The maximum Gasteiger partial charge on any atom is 0.326 e. The number of nitrogens with two attached hydrogens (primary N) is 2. The minimum Gasteiger partial charge on any atom is -0.480 e. The molecule has 0 aliphatic heterocycles. The molecule has 1 aromatic rings. The lowest BCUT2D eigenvalue weighted by Gasteiger charge is -2.24. The Morgan fingerprint density at radius 2 is 1.50 bits per heavy atom. The number of carboxylic acid groups (broad SMARTS) is 1. The highest BCUT2D eigenvalue weighted by Crippen LogP contribution is 2.07. The first-order valence-electron chi connectivity index (χ1n) is 11.0. The van der Waals surface area contributed by atoms with Gasteiger partial charge in [0, 0.05) is 6.42 Å². The Morgan fingerprint density at radius 3 is 1.94 bits per heavy atom. The first kappa shape index (κ1) is 31.8. The molecule has 192 valence electrons. The first-order chi connectivity index (χ1) is 16.1. The fourth-order valence-corrected chi connectivity index (χ4v) is 2.97. The summed E-state index contributed by atoms with van der Waals surface area (Å²) >= 11 is 10.0. The Morgan fingerprint density at radius 1 is 0.941 bits per heavy atom. The summed E-state index contributed by atoms with van der Waals surface area (Å²) in [7, 11) is 0. The SMILES string of the molecule is CC(C)C(N)C(=O)NC(Cc1ccccc1)C(=O)NC(CCCCN)C(=O)O.O=C(CCl)CCl. The predicted molar refractivity (Wildman–Crippen MR) is 134 cm³/mol. The molecule has 0 aliphatic rings. The molecule has 0 aromatic heterocycles. The fourth-order valence-electron chi connectivity index (χ4n) is 2.69. The average Bonchev–Trinajstić information content (AvgIpc) is 2.82. The van der Waals surface area contributed by atoms with Gasteiger partial charge in [-0.1, -0.05) is 44.2 Å². The Balaban J connectivity index is 0.00000160. The third kappa shape index (κ3) is 13.5. The number of halogens is 2. The second-order valence-corrected chi connectivity index (χ2v) is 8.55. The second kappa shape index (κ2) is 18.2. The number of alkyl halides is 2. The molecule has 2 amide bonds. The van der Waals surface area contributed by atoms with Crippen LogP contribution in [-0.2, 0) is 25.6 Å². The van der Waals surface area contributed by atoms with E-state index in [2.05, 4.69) is 10.6 Å². The highest BCUT2D eigenvalue weighted by atomic mass is 35.5. The smallest absolute Gasteiger partial charge is 0.326 e.